The summed E-state index contributed by atoms with van der Waals surface area (Å²) in [6.07, 6.45) is 2.78. The number of halogens is 2. The molecule has 0 aliphatic carbocycles. The molecule has 35 heavy (non-hydrogen) atoms. The maximum Gasteiger partial charge on any atom is 0.291 e. The predicted molar refractivity (Wildman–Crippen MR) is 127 cm³/mol. The largest absolute Gasteiger partial charge is 0.350 e. The molecule has 0 spiro atoms. The van der Waals surface area contributed by atoms with E-state index in [9.17, 15) is 18.4 Å². The van der Waals surface area contributed by atoms with E-state index in [4.69, 9.17) is 0 Å². The molecule has 2 aliphatic heterocycles. The summed E-state index contributed by atoms with van der Waals surface area (Å²) in [4.78, 5) is 38.0. The van der Waals surface area contributed by atoms with Gasteiger partial charge in [0, 0.05) is 30.7 Å². The quantitative estimate of drug-likeness (QED) is 0.576. The van der Waals surface area contributed by atoms with E-state index >= 15 is 0 Å². The second-order valence-electron chi connectivity index (χ2n) is 8.52. The van der Waals surface area contributed by atoms with Crippen molar-refractivity contribution in [2.24, 2.45) is 0 Å². The van der Waals surface area contributed by atoms with Crippen molar-refractivity contribution in [1.29, 1.82) is 0 Å². The number of anilines is 2. The van der Waals surface area contributed by atoms with Crippen molar-refractivity contribution in [1.82, 2.24) is 25.1 Å². The van der Waals surface area contributed by atoms with Crippen molar-refractivity contribution in [3.8, 4) is 0 Å². The van der Waals surface area contributed by atoms with E-state index in [1.54, 1.807) is 22.7 Å². The van der Waals surface area contributed by atoms with E-state index in [1.807, 2.05) is 30.3 Å². The average molecular weight is 500 g/mol. The van der Waals surface area contributed by atoms with E-state index in [2.05, 4.69) is 20.4 Å². The van der Waals surface area contributed by atoms with Crippen molar-refractivity contribution in [3.63, 3.8) is 0 Å². The molecule has 5 rings (SSSR count). The van der Waals surface area contributed by atoms with Crippen molar-refractivity contribution in [3.05, 3.63) is 60.3 Å². The van der Waals surface area contributed by atoms with Crippen LogP contribution in [0.5, 0.6) is 0 Å². The molecule has 2 aliphatic rings. The lowest BCUT2D eigenvalue weighted by molar-refractivity contribution is -0.119. The third-order valence-electron chi connectivity index (χ3n) is 5.95. The van der Waals surface area contributed by atoms with Crippen molar-refractivity contribution >= 4 is 35.1 Å². The molecule has 3 aromatic rings. The Morgan fingerprint density at radius 2 is 2.06 bits per heavy atom. The maximum atomic E-state index is 13.6. The highest BCUT2D eigenvalue weighted by Crippen LogP contribution is 2.37. The van der Waals surface area contributed by atoms with Crippen LogP contribution < -0.4 is 15.1 Å². The lowest BCUT2D eigenvalue weighted by atomic mass is 10.2. The van der Waals surface area contributed by atoms with Crippen LogP contribution >= 0.6 is 11.8 Å². The predicted octanol–water partition coefficient (Wildman–Crippen LogP) is 2.43. The van der Waals surface area contributed by atoms with Gasteiger partial charge in [0.15, 0.2) is 0 Å². The number of hydrogen-bond acceptors (Lipinski definition) is 7. The number of aromatic nitrogens is 4. The van der Waals surface area contributed by atoms with Crippen molar-refractivity contribution in [2.75, 3.05) is 35.7 Å². The van der Waals surface area contributed by atoms with Gasteiger partial charge in [0.1, 0.15) is 18.2 Å². The van der Waals surface area contributed by atoms with Gasteiger partial charge < -0.3 is 15.1 Å². The van der Waals surface area contributed by atoms with Crippen molar-refractivity contribution < 1.29 is 18.4 Å². The highest BCUT2D eigenvalue weighted by Gasteiger charge is 2.39. The summed E-state index contributed by atoms with van der Waals surface area (Å²) in [6, 6.07) is 10.6. The zero-order chi connectivity index (χ0) is 24.6. The number of nitrogens with one attached hydrogen (secondary N) is 1. The van der Waals surface area contributed by atoms with E-state index in [-0.39, 0.29) is 37.0 Å². The summed E-state index contributed by atoms with van der Waals surface area (Å²) < 4.78 is 28.8. The molecule has 12 heteroatoms. The smallest absolute Gasteiger partial charge is 0.291 e. The molecular weight excluding hydrogens is 476 g/mol. The SMILES string of the molecule is CN1C(=O)[C@@H](NC(=O)c2ncn(Cc3ccccc3)n2)CSc2cc(N3CCC(F)(F)C3)ncc21. The van der Waals surface area contributed by atoms with Gasteiger partial charge in [-0.05, 0) is 11.6 Å². The van der Waals surface area contributed by atoms with Crippen LogP contribution in [0.3, 0.4) is 0 Å². The Hall–Kier alpha value is -3.54. The van der Waals surface area contributed by atoms with Gasteiger partial charge in [0.05, 0.1) is 25.0 Å². The van der Waals surface area contributed by atoms with E-state index < -0.39 is 17.9 Å². The van der Waals surface area contributed by atoms with Crippen molar-refractivity contribution in [2.45, 2.75) is 29.8 Å². The first-order valence-corrected chi connectivity index (χ1v) is 12.0. The van der Waals surface area contributed by atoms with Crippen LogP contribution in [-0.4, -0.2) is 69.4 Å². The molecule has 1 saturated heterocycles. The molecule has 1 N–H and O–H groups in total. The molecule has 2 amide bonds. The first-order valence-electron chi connectivity index (χ1n) is 11.1. The van der Waals surface area contributed by atoms with Crippen LogP contribution in [-0.2, 0) is 11.3 Å². The lowest BCUT2D eigenvalue weighted by Gasteiger charge is -2.22. The van der Waals surface area contributed by atoms with E-state index in [0.717, 1.165) is 10.5 Å². The number of carbonyl (C=O) groups excluding carboxylic acids is 2. The van der Waals surface area contributed by atoms with Gasteiger partial charge in [-0.25, -0.2) is 23.4 Å². The summed E-state index contributed by atoms with van der Waals surface area (Å²) in [5.41, 5.74) is 1.58. The van der Waals surface area contributed by atoms with Crippen LogP contribution in [0.4, 0.5) is 20.3 Å². The number of thioether (sulfide) groups is 1. The fourth-order valence-electron chi connectivity index (χ4n) is 4.06. The minimum absolute atomic E-state index is 0.0259. The molecule has 1 atom stereocenters. The number of pyridine rings is 1. The van der Waals surface area contributed by atoms with Gasteiger partial charge in [0.2, 0.25) is 11.7 Å². The topological polar surface area (TPSA) is 96.2 Å². The molecule has 182 valence electrons. The summed E-state index contributed by atoms with van der Waals surface area (Å²) in [6.45, 7) is 0.317. The Morgan fingerprint density at radius 1 is 1.26 bits per heavy atom. The zero-order valence-electron chi connectivity index (χ0n) is 18.9. The summed E-state index contributed by atoms with van der Waals surface area (Å²) in [5.74, 6) is -2.89. The number of alkyl halides is 2. The Balaban J connectivity index is 1.27. The average Bonchev–Trinajstić information content (AvgIpc) is 3.44. The summed E-state index contributed by atoms with van der Waals surface area (Å²) >= 11 is 1.36. The summed E-state index contributed by atoms with van der Waals surface area (Å²) in [7, 11) is 1.60. The van der Waals surface area contributed by atoms with Crippen LogP contribution in [0.15, 0.2) is 53.8 Å². The summed E-state index contributed by atoms with van der Waals surface area (Å²) in [5, 5.41) is 6.96. The molecule has 9 nitrogen and oxygen atoms in total. The Morgan fingerprint density at radius 3 is 2.80 bits per heavy atom. The van der Waals surface area contributed by atoms with Crippen LogP contribution in [0.1, 0.15) is 22.6 Å². The second kappa shape index (κ2) is 9.25. The number of carbonyl (C=O) groups is 2. The molecular formula is C23H23F2N7O2S. The first kappa shape index (κ1) is 23.2. The Kier molecular flexibility index (Phi) is 6.13. The molecule has 0 bridgehead atoms. The normalized spacial score (nSPS) is 19.4. The zero-order valence-corrected chi connectivity index (χ0v) is 19.7. The minimum Gasteiger partial charge on any atom is -0.350 e. The fraction of sp³-hybridized carbons (Fsp3) is 0.348. The first-order chi connectivity index (χ1) is 16.8. The van der Waals surface area contributed by atoms with Gasteiger partial charge in [-0.3, -0.25) is 9.59 Å². The molecule has 1 aromatic carbocycles. The number of rotatable bonds is 5. The Bertz CT molecular complexity index is 1250. The molecule has 2 aromatic heterocycles. The number of hydrogen-bond donors (Lipinski definition) is 1. The van der Waals surface area contributed by atoms with Crippen LogP contribution in [0, 0.1) is 0 Å². The molecule has 0 saturated carbocycles. The van der Waals surface area contributed by atoms with Gasteiger partial charge >= 0.3 is 0 Å². The highest BCUT2D eigenvalue weighted by atomic mass is 32.2. The van der Waals surface area contributed by atoms with Gasteiger partial charge in [-0.2, -0.15) is 0 Å². The minimum atomic E-state index is -2.73. The van der Waals surface area contributed by atoms with E-state index in [1.165, 1.54) is 29.2 Å². The van der Waals surface area contributed by atoms with Crippen LogP contribution in [0.2, 0.25) is 0 Å². The second-order valence-corrected chi connectivity index (χ2v) is 9.59. The monoisotopic (exact) mass is 499 g/mol. The third-order valence-corrected chi connectivity index (χ3v) is 7.09. The maximum absolute atomic E-state index is 13.6. The number of nitrogens with zero attached hydrogens (tertiary/aromatic N) is 6. The standard InChI is InChI=1S/C23H23F2N7O2S/c1-30-17-10-26-19(31-8-7-23(24,25)13-31)9-18(17)35-12-16(22(30)34)28-21(33)20-27-14-32(29-20)11-15-5-3-2-4-6-15/h2-6,9-10,14,16H,7-8,11-13H2,1H3,(H,28,33)/t16-/m0/s1. The fourth-order valence-corrected chi connectivity index (χ4v) is 5.16. The van der Waals surface area contributed by atoms with Gasteiger partial charge in [-0.1, -0.05) is 30.3 Å². The molecule has 1 fully saturated rings. The molecule has 0 radical (unpaired) electrons. The van der Waals surface area contributed by atoms with Gasteiger partial charge in [0.25, 0.3) is 11.8 Å². The lowest BCUT2D eigenvalue weighted by Crippen LogP contribution is -2.48. The highest BCUT2D eigenvalue weighted by molar-refractivity contribution is 7.99. The number of amides is 2. The Labute approximate surface area is 204 Å². The number of benzene rings is 1. The third kappa shape index (κ3) is 4.97. The number of fused-ring (bicyclic) bond motifs is 1. The number of likely N-dealkylation sites (N-methyl/N-ethyl adjacent to an activating group) is 1. The van der Waals surface area contributed by atoms with Crippen LogP contribution in [0.25, 0.3) is 0 Å². The van der Waals surface area contributed by atoms with Gasteiger partial charge in [-0.15, -0.1) is 16.9 Å². The van der Waals surface area contributed by atoms with E-state index in [0.29, 0.717) is 18.1 Å². The molecule has 4 heterocycles. The molecule has 0 unspecified atom stereocenters.